The van der Waals surface area contributed by atoms with Gasteiger partial charge < -0.3 is 19.5 Å². The zero-order chi connectivity index (χ0) is 15.1. The van der Waals surface area contributed by atoms with Crippen molar-refractivity contribution in [3.63, 3.8) is 0 Å². The van der Waals surface area contributed by atoms with E-state index in [1.165, 1.54) is 6.42 Å². The molecular weight excluding hydrogens is 270 g/mol. The molecule has 5 nitrogen and oxygen atoms in total. The molecule has 0 aliphatic carbocycles. The predicted octanol–water partition coefficient (Wildman–Crippen LogP) is 2.26. The smallest absolute Gasteiger partial charge is 0.335 e. The highest BCUT2D eigenvalue weighted by Crippen LogP contribution is 2.15. The van der Waals surface area contributed by atoms with Crippen LogP contribution in [0.15, 0.2) is 24.3 Å². The summed E-state index contributed by atoms with van der Waals surface area (Å²) < 4.78 is 11.0. The van der Waals surface area contributed by atoms with Crippen molar-refractivity contribution >= 4 is 5.97 Å². The number of hydrogen-bond donors (Lipinski definition) is 1. The summed E-state index contributed by atoms with van der Waals surface area (Å²) in [5.41, 5.74) is 0.256. The van der Waals surface area contributed by atoms with E-state index in [1.807, 2.05) is 0 Å². The van der Waals surface area contributed by atoms with Crippen LogP contribution in [0.5, 0.6) is 5.75 Å². The molecule has 1 unspecified atom stereocenters. The van der Waals surface area contributed by atoms with Crippen LogP contribution < -0.4 is 4.74 Å². The summed E-state index contributed by atoms with van der Waals surface area (Å²) >= 11 is 0. The molecule has 1 N–H and O–H groups in total. The molecule has 0 aromatic heterocycles. The van der Waals surface area contributed by atoms with Gasteiger partial charge in [0, 0.05) is 20.2 Å². The molecule has 1 aromatic carbocycles. The van der Waals surface area contributed by atoms with E-state index in [-0.39, 0.29) is 5.56 Å². The van der Waals surface area contributed by atoms with Gasteiger partial charge in [0.1, 0.15) is 5.75 Å². The van der Waals surface area contributed by atoms with Gasteiger partial charge in [0.2, 0.25) is 0 Å². The van der Waals surface area contributed by atoms with E-state index in [0.29, 0.717) is 18.5 Å². The van der Waals surface area contributed by atoms with Gasteiger partial charge in [-0.25, -0.2) is 4.79 Å². The number of ether oxygens (including phenoxy) is 2. The van der Waals surface area contributed by atoms with Gasteiger partial charge in [0.15, 0.2) is 0 Å². The van der Waals surface area contributed by atoms with Gasteiger partial charge in [0.05, 0.1) is 18.3 Å². The standard InChI is InChI=1S/C16H23NO4/c1-20-15-7-3-8-17(12-15)9-4-10-21-14-6-2-5-13(11-14)16(18)19/h2,5-6,11,15H,3-4,7-10,12H2,1H3,(H,18,19). The van der Waals surface area contributed by atoms with Gasteiger partial charge >= 0.3 is 5.97 Å². The van der Waals surface area contributed by atoms with Crippen molar-refractivity contribution < 1.29 is 19.4 Å². The Labute approximate surface area is 125 Å². The second kappa shape index (κ2) is 8.00. The molecule has 0 bridgehead atoms. The molecule has 5 heteroatoms. The van der Waals surface area contributed by atoms with Crippen molar-refractivity contribution in [2.45, 2.75) is 25.4 Å². The fourth-order valence-electron chi connectivity index (χ4n) is 2.61. The van der Waals surface area contributed by atoms with Crippen LogP contribution in [0.3, 0.4) is 0 Å². The molecule has 1 aliphatic rings. The molecule has 0 saturated carbocycles. The predicted molar refractivity (Wildman–Crippen MR) is 80.0 cm³/mol. The third-order valence-electron chi connectivity index (χ3n) is 3.76. The molecule has 2 rings (SSSR count). The van der Waals surface area contributed by atoms with E-state index < -0.39 is 5.97 Å². The number of hydrogen-bond acceptors (Lipinski definition) is 4. The van der Waals surface area contributed by atoms with E-state index >= 15 is 0 Å². The largest absolute Gasteiger partial charge is 0.494 e. The number of carboxylic acids is 1. The summed E-state index contributed by atoms with van der Waals surface area (Å²) in [6.45, 7) is 3.69. The monoisotopic (exact) mass is 293 g/mol. The number of aromatic carboxylic acids is 1. The Morgan fingerprint density at radius 2 is 2.33 bits per heavy atom. The average molecular weight is 293 g/mol. The Hall–Kier alpha value is -1.59. The first-order valence-corrected chi connectivity index (χ1v) is 7.40. The van der Waals surface area contributed by atoms with Crippen LogP contribution in [0.4, 0.5) is 0 Å². The van der Waals surface area contributed by atoms with Gasteiger partial charge in [-0.05, 0) is 44.0 Å². The first-order valence-electron chi connectivity index (χ1n) is 7.40. The molecule has 1 saturated heterocycles. The molecule has 1 aromatic rings. The lowest BCUT2D eigenvalue weighted by molar-refractivity contribution is 0.0299. The molecule has 116 valence electrons. The molecule has 21 heavy (non-hydrogen) atoms. The van der Waals surface area contributed by atoms with Crippen molar-refractivity contribution in [2.24, 2.45) is 0 Å². The van der Waals surface area contributed by atoms with Crippen LogP contribution in [0.25, 0.3) is 0 Å². The summed E-state index contributed by atoms with van der Waals surface area (Å²) in [5, 5.41) is 8.93. The lowest BCUT2D eigenvalue weighted by Gasteiger charge is -2.31. The quantitative estimate of drug-likeness (QED) is 0.781. The molecule has 1 heterocycles. The van der Waals surface area contributed by atoms with E-state index in [4.69, 9.17) is 14.6 Å². The van der Waals surface area contributed by atoms with Crippen molar-refractivity contribution in [2.75, 3.05) is 33.4 Å². The zero-order valence-electron chi connectivity index (χ0n) is 12.5. The topological polar surface area (TPSA) is 59.0 Å². The van der Waals surface area contributed by atoms with Crippen LogP contribution in [-0.4, -0.2) is 55.4 Å². The minimum absolute atomic E-state index is 0.256. The maximum Gasteiger partial charge on any atom is 0.335 e. The highest BCUT2D eigenvalue weighted by Gasteiger charge is 2.18. The minimum Gasteiger partial charge on any atom is -0.494 e. The molecule has 1 aliphatic heterocycles. The minimum atomic E-state index is -0.931. The van der Waals surface area contributed by atoms with Crippen molar-refractivity contribution in [3.8, 4) is 5.75 Å². The summed E-state index contributed by atoms with van der Waals surface area (Å²) in [6.07, 6.45) is 3.60. The molecular formula is C16H23NO4. The molecule has 1 atom stereocenters. The van der Waals surface area contributed by atoms with Gasteiger partial charge in [0.25, 0.3) is 0 Å². The van der Waals surface area contributed by atoms with Crippen LogP contribution in [0.2, 0.25) is 0 Å². The summed E-state index contributed by atoms with van der Waals surface area (Å²) in [5.74, 6) is -0.317. The lowest BCUT2D eigenvalue weighted by atomic mass is 10.1. The number of carbonyl (C=O) groups is 1. The van der Waals surface area contributed by atoms with Crippen LogP contribution >= 0.6 is 0 Å². The normalized spacial score (nSPS) is 19.4. The number of carboxylic acid groups (broad SMARTS) is 1. The molecule has 0 amide bonds. The van der Waals surface area contributed by atoms with E-state index in [1.54, 1.807) is 31.4 Å². The summed E-state index contributed by atoms with van der Waals surface area (Å²) in [6, 6.07) is 6.61. The van der Waals surface area contributed by atoms with Gasteiger partial charge in [-0.1, -0.05) is 6.07 Å². The Bertz CT molecular complexity index is 463. The van der Waals surface area contributed by atoms with Crippen molar-refractivity contribution in [3.05, 3.63) is 29.8 Å². The van der Waals surface area contributed by atoms with E-state index in [9.17, 15) is 4.79 Å². The number of benzene rings is 1. The Balaban J connectivity index is 1.70. The second-order valence-corrected chi connectivity index (χ2v) is 5.34. The molecule has 1 fully saturated rings. The summed E-state index contributed by atoms with van der Waals surface area (Å²) in [7, 11) is 1.77. The van der Waals surface area contributed by atoms with Crippen LogP contribution in [0, 0.1) is 0 Å². The van der Waals surface area contributed by atoms with Gasteiger partial charge in [-0.3, -0.25) is 0 Å². The molecule has 0 radical (unpaired) electrons. The van der Waals surface area contributed by atoms with E-state index in [2.05, 4.69) is 4.90 Å². The number of likely N-dealkylation sites (tertiary alicyclic amines) is 1. The number of methoxy groups -OCH3 is 1. The fraction of sp³-hybridized carbons (Fsp3) is 0.562. The molecule has 0 spiro atoms. The van der Waals surface area contributed by atoms with Gasteiger partial charge in [-0.2, -0.15) is 0 Å². The van der Waals surface area contributed by atoms with Gasteiger partial charge in [-0.15, -0.1) is 0 Å². The zero-order valence-corrected chi connectivity index (χ0v) is 12.5. The maximum atomic E-state index is 10.9. The average Bonchev–Trinajstić information content (AvgIpc) is 2.52. The highest BCUT2D eigenvalue weighted by atomic mass is 16.5. The Morgan fingerprint density at radius 1 is 1.48 bits per heavy atom. The number of nitrogens with zero attached hydrogens (tertiary/aromatic N) is 1. The Kier molecular flexibility index (Phi) is 6.02. The summed E-state index contributed by atoms with van der Waals surface area (Å²) in [4.78, 5) is 13.3. The first kappa shape index (κ1) is 15.8. The lowest BCUT2D eigenvalue weighted by Crippen LogP contribution is -2.40. The van der Waals surface area contributed by atoms with Crippen molar-refractivity contribution in [1.29, 1.82) is 0 Å². The van der Waals surface area contributed by atoms with Crippen LogP contribution in [0.1, 0.15) is 29.6 Å². The second-order valence-electron chi connectivity index (χ2n) is 5.34. The fourth-order valence-corrected chi connectivity index (χ4v) is 2.61. The Morgan fingerprint density at radius 3 is 3.10 bits per heavy atom. The third-order valence-corrected chi connectivity index (χ3v) is 3.76. The van der Waals surface area contributed by atoms with Crippen molar-refractivity contribution in [1.82, 2.24) is 4.90 Å². The SMILES string of the molecule is COC1CCCN(CCCOc2cccc(C(=O)O)c2)C1. The third kappa shape index (κ3) is 5.02. The van der Waals surface area contributed by atoms with Crippen LogP contribution in [-0.2, 0) is 4.74 Å². The number of rotatable bonds is 7. The number of piperidine rings is 1. The maximum absolute atomic E-state index is 10.9. The highest BCUT2D eigenvalue weighted by molar-refractivity contribution is 5.87. The van der Waals surface area contributed by atoms with E-state index in [0.717, 1.165) is 32.5 Å². The first-order chi connectivity index (χ1) is 10.2.